The quantitative estimate of drug-likeness (QED) is 0.535. The molecule has 160 valence electrons. The third-order valence-electron chi connectivity index (χ3n) is 5.33. The maximum absolute atomic E-state index is 13.3. The van der Waals surface area contributed by atoms with Crippen molar-refractivity contribution in [2.24, 2.45) is 0 Å². The summed E-state index contributed by atoms with van der Waals surface area (Å²) in [6.07, 6.45) is 1.59. The van der Waals surface area contributed by atoms with Crippen LogP contribution in [0.5, 0.6) is 0 Å². The fraction of sp³-hybridized carbons (Fsp3) is 0.259. The van der Waals surface area contributed by atoms with Crippen LogP contribution in [0.4, 0.5) is 0 Å². The summed E-state index contributed by atoms with van der Waals surface area (Å²) in [6.45, 7) is 2.79. The van der Waals surface area contributed by atoms with Crippen LogP contribution in [0.15, 0.2) is 91.0 Å². The van der Waals surface area contributed by atoms with Gasteiger partial charge in [0.05, 0.1) is 0 Å². The SMILES string of the molecule is CCC(=O)N(Cc1ccccc1)[C@@H](Cc1ccccc1)C(=O)NCCc1ccccc1. The number of nitrogens with one attached hydrogen (secondary N) is 1. The molecule has 3 aromatic rings. The van der Waals surface area contributed by atoms with E-state index in [9.17, 15) is 9.59 Å². The molecule has 0 aliphatic rings. The first-order chi connectivity index (χ1) is 15.2. The average Bonchev–Trinajstić information content (AvgIpc) is 2.82. The van der Waals surface area contributed by atoms with Gasteiger partial charge in [-0.2, -0.15) is 0 Å². The van der Waals surface area contributed by atoms with E-state index in [1.54, 1.807) is 4.90 Å². The molecule has 3 aromatic carbocycles. The first-order valence-corrected chi connectivity index (χ1v) is 10.9. The lowest BCUT2D eigenvalue weighted by atomic mass is 10.0. The minimum absolute atomic E-state index is 0.0250. The van der Waals surface area contributed by atoms with Crippen molar-refractivity contribution >= 4 is 11.8 Å². The van der Waals surface area contributed by atoms with Crippen LogP contribution in [0.2, 0.25) is 0 Å². The maximum Gasteiger partial charge on any atom is 0.243 e. The molecule has 0 spiro atoms. The number of nitrogens with zero attached hydrogens (tertiary/aromatic N) is 1. The Kier molecular flexibility index (Phi) is 8.41. The largest absolute Gasteiger partial charge is 0.354 e. The summed E-state index contributed by atoms with van der Waals surface area (Å²) in [5.74, 6) is -0.138. The van der Waals surface area contributed by atoms with Crippen molar-refractivity contribution < 1.29 is 9.59 Å². The van der Waals surface area contributed by atoms with E-state index >= 15 is 0 Å². The number of amides is 2. The molecule has 0 radical (unpaired) electrons. The standard InChI is InChI=1S/C27H30N2O2/c1-2-26(30)29(21-24-16-10-5-11-17-24)25(20-23-14-8-4-9-15-23)27(31)28-19-18-22-12-6-3-7-13-22/h3-17,25H,2,18-21H2,1H3,(H,28,31)/t25-/m0/s1. The average molecular weight is 415 g/mol. The van der Waals surface area contributed by atoms with Crippen LogP contribution in [0.25, 0.3) is 0 Å². The third kappa shape index (κ3) is 6.82. The van der Waals surface area contributed by atoms with Gasteiger partial charge in [-0.1, -0.05) is 97.9 Å². The molecule has 2 amide bonds. The van der Waals surface area contributed by atoms with Crippen molar-refractivity contribution in [1.29, 1.82) is 0 Å². The molecule has 4 heteroatoms. The highest BCUT2D eigenvalue weighted by Crippen LogP contribution is 2.15. The molecule has 0 bridgehead atoms. The van der Waals surface area contributed by atoms with Crippen LogP contribution in [0.3, 0.4) is 0 Å². The molecule has 4 nitrogen and oxygen atoms in total. The Bertz CT molecular complexity index is 943. The van der Waals surface area contributed by atoms with E-state index in [2.05, 4.69) is 17.4 Å². The van der Waals surface area contributed by atoms with E-state index in [0.29, 0.717) is 25.9 Å². The normalized spacial score (nSPS) is 11.5. The fourth-order valence-corrected chi connectivity index (χ4v) is 3.63. The lowest BCUT2D eigenvalue weighted by molar-refractivity contribution is -0.141. The number of rotatable bonds is 10. The van der Waals surface area contributed by atoms with E-state index < -0.39 is 6.04 Å². The van der Waals surface area contributed by atoms with Crippen LogP contribution in [-0.4, -0.2) is 29.3 Å². The first kappa shape index (κ1) is 22.3. The van der Waals surface area contributed by atoms with Crippen LogP contribution in [0, 0.1) is 0 Å². The Morgan fingerprint density at radius 3 is 1.84 bits per heavy atom. The molecular weight excluding hydrogens is 384 g/mol. The topological polar surface area (TPSA) is 49.4 Å². The minimum atomic E-state index is -0.564. The molecule has 31 heavy (non-hydrogen) atoms. The Labute approximate surface area is 184 Å². The molecule has 0 saturated carbocycles. The highest BCUT2D eigenvalue weighted by molar-refractivity contribution is 5.88. The second-order valence-electron chi connectivity index (χ2n) is 7.59. The van der Waals surface area contributed by atoms with Crippen molar-refractivity contribution in [2.75, 3.05) is 6.54 Å². The van der Waals surface area contributed by atoms with Gasteiger partial charge < -0.3 is 10.2 Å². The Morgan fingerprint density at radius 2 is 1.29 bits per heavy atom. The highest BCUT2D eigenvalue weighted by atomic mass is 16.2. The predicted molar refractivity (Wildman–Crippen MR) is 124 cm³/mol. The number of benzene rings is 3. The van der Waals surface area contributed by atoms with E-state index in [1.807, 2.05) is 85.8 Å². The Hall–Kier alpha value is -3.40. The summed E-state index contributed by atoms with van der Waals surface area (Å²) >= 11 is 0. The van der Waals surface area contributed by atoms with Gasteiger partial charge >= 0.3 is 0 Å². The molecule has 0 aliphatic carbocycles. The summed E-state index contributed by atoms with van der Waals surface area (Å²) in [6, 6.07) is 29.2. The summed E-state index contributed by atoms with van der Waals surface area (Å²) in [5, 5.41) is 3.06. The summed E-state index contributed by atoms with van der Waals surface area (Å²) < 4.78 is 0. The molecule has 3 rings (SSSR count). The van der Waals surface area contributed by atoms with Crippen LogP contribution in [0.1, 0.15) is 30.0 Å². The lowest BCUT2D eigenvalue weighted by Crippen LogP contribution is -2.50. The van der Waals surface area contributed by atoms with E-state index in [0.717, 1.165) is 17.5 Å². The first-order valence-electron chi connectivity index (χ1n) is 10.9. The summed E-state index contributed by atoms with van der Waals surface area (Å²) in [7, 11) is 0. The van der Waals surface area contributed by atoms with Crippen LogP contribution >= 0.6 is 0 Å². The van der Waals surface area contributed by atoms with Crippen molar-refractivity contribution in [2.45, 2.75) is 38.8 Å². The van der Waals surface area contributed by atoms with Gasteiger partial charge in [0.25, 0.3) is 0 Å². The molecule has 1 N–H and O–H groups in total. The zero-order chi connectivity index (χ0) is 21.9. The molecule has 0 saturated heterocycles. The maximum atomic E-state index is 13.3. The summed E-state index contributed by atoms with van der Waals surface area (Å²) in [4.78, 5) is 27.9. The number of hydrogen-bond acceptors (Lipinski definition) is 2. The van der Waals surface area contributed by atoms with Gasteiger partial charge in [-0.3, -0.25) is 9.59 Å². The smallest absolute Gasteiger partial charge is 0.243 e. The van der Waals surface area contributed by atoms with E-state index in [-0.39, 0.29) is 11.8 Å². The summed E-state index contributed by atoms with van der Waals surface area (Å²) in [5.41, 5.74) is 3.22. The van der Waals surface area contributed by atoms with Gasteiger partial charge in [-0.05, 0) is 23.1 Å². The van der Waals surface area contributed by atoms with Gasteiger partial charge in [-0.15, -0.1) is 0 Å². The number of carbonyl (C=O) groups is 2. The van der Waals surface area contributed by atoms with Crippen molar-refractivity contribution in [3.63, 3.8) is 0 Å². The molecule has 0 heterocycles. The molecule has 0 unspecified atom stereocenters. The van der Waals surface area contributed by atoms with Gasteiger partial charge in [0.15, 0.2) is 0 Å². The number of hydrogen-bond donors (Lipinski definition) is 1. The Morgan fingerprint density at radius 1 is 0.774 bits per heavy atom. The van der Waals surface area contributed by atoms with Gasteiger partial charge in [0.1, 0.15) is 6.04 Å². The van der Waals surface area contributed by atoms with Gasteiger partial charge in [-0.25, -0.2) is 0 Å². The molecule has 0 aliphatic heterocycles. The lowest BCUT2D eigenvalue weighted by Gasteiger charge is -2.31. The number of carbonyl (C=O) groups excluding carboxylic acids is 2. The zero-order valence-corrected chi connectivity index (χ0v) is 18.0. The van der Waals surface area contributed by atoms with Crippen LogP contribution < -0.4 is 5.32 Å². The molecule has 0 fully saturated rings. The van der Waals surface area contributed by atoms with Crippen molar-refractivity contribution in [3.8, 4) is 0 Å². The molecular formula is C27H30N2O2. The second-order valence-corrected chi connectivity index (χ2v) is 7.59. The second kappa shape index (κ2) is 11.7. The van der Waals surface area contributed by atoms with Crippen LogP contribution in [-0.2, 0) is 29.0 Å². The van der Waals surface area contributed by atoms with Gasteiger partial charge in [0, 0.05) is 25.9 Å². The monoisotopic (exact) mass is 414 g/mol. The third-order valence-corrected chi connectivity index (χ3v) is 5.33. The molecule has 1 atom stereocenters. The highest BCUT2D eigenvalue weighted by Gasteiger charge is 2.29. The predicted octanol–water partition coefficient (Wildman–Crippen LogP) is 4.40. The van der Waals surface area contributed by atoms with Gasteiger partial charge in [0.2, 0.25) is 11.8 Å². The van der Waals surface area contributed by atoms with Crippen molar-refractivity contribution in [3.05, 3.63) is 108 Å². The Balaban J connectivity index is 1.78. The molecule has 0 aromatic heterocycles. The fourth-order valence-electron chi connectivity index (χ4n) is 3.63. The minimum Gasteiger partial charge on any atom is -0.354 e. The van der Waals surface area contributed by atoms with E-state index in [1.165, 1.54) is 5.56 Å². The van der Waals surface area contributed by atoms with Crippen molar-refractivity contribution in [1.82, 2.24) is 10.2 Å². The van der Waals surface area contributed by atoms with E-state index in [4.69, 9.17) is 0 Å². The zero-order valence-electron chi connectivity index (χ0n) is 18.0.